The average Bonchev–Trinajstić information content (AvgIpc) is 2.23. The molecule has 0 amide bonds. The van der Waals surface area contributed by atoms with Crippen molar-refractivity contribution >= 4 is 16.9 Å². The Bertz CT molecular complexity index is 642. The first-order valence-corrected chi connectivity index (χ1v) is 4.66. The molecule has 0 aliphatic heterocycles. The summed E-state index contributed by atoms with van der Waals surface area (Å²) in [4.78, 5) is 15.7. The highest BCUT2D eigenvalue weighted by Crippen LogP contribution is 2.20. The zero-order valence-corrected chi connectivity index (χ0v) is 8.91. The van der Waals surface area contributed by atoms with Gasteiger partial charge >= 0.3 is 0 Å². The van der Waals surface area contributed by atoms with Crippen molar-refractivity contribution in [3.8, 4) is 0 Å². The Morgan fingerprint density at radius 2 is 2.00 bits per heavy atom. The molecule has 4 N–H and O–H groups in total. The number of aryl methyl sites for hydroxylation is 1. The van der Waals surface area contributed by atoms with Gasteiger partial charge in [0.05, 0.1) is 10.9 Å². The zero-order chi connectivity index (χ0) is 12.0. The highest BCUT2D eigenvalue weighted by molar-refractivity contribution is 5.83. The number of fused-ring (bicyclic) bond motifs is 1. The number of halogens is 1. The molecule has 0 radical (unpaired) electrons. The van der Waals surface area contributed by atoms with E-state index in [4.69, 9.17) is 11.6 Å². The van der Waals surface area contributed by atoms with Crippen LogP contribution in [0.15, 0.2) is 10.9 Å². The Balaban J connectivity index is 3.10. The summed E-state index contributed by atoms with van der Waals surface area (Å²) < 4.78 is 14.2. The van der Waals surface area contributed by atoms with E-state index in [9.17, 15) is 9.18 Å². The smallest absolute Gasteiger partial charge is 0.281 e. The molecule has 0 atom stereocenters. The van der Waals surface area contributed by atoms with Gasteiger partial charge in [-0.3, -0.25) is 4.79 Å². The van der Waals surface area contributed by atoms with Crippen molar-refractivity contribution in [2.45, 2.75) is 13.8 Å². The first-order valence-electron chi connectivity index (χ1n) is 4.66. The van der Waals surface area contributed by atoms with Crippen molar-refractivity contribution < 1.29 is 4.39 Å². The number of hydrogen-bond donors (Lipinski definition) is 2. The third-order valence-electron chi connectivity index (χ3n) is 2.73. The van der Waals surface area contributed by atoms with Gasteiger partial charge in [0.1, 0.15) is 5.82 Å². The summed E-state index contributed by atoms with van der Waals surface area (Å²) in [5.41, 5.74) is 6.13. The molecule has 1 aromatic heterocycles. The minimum Gasteiger partial charge on any atom is -0.368 e. The summed E-state index contributed by atoms with van der Waals surface area (Å²) in [6.07, 6.45) is 0. The molecule has 0 unspecified atom stereocenters. The van der Waals surface area contributed by atoms with Gasteiger partial charge in [-0.25, -0.2) is 9.37 Å². The van der Waals surface area contributed by atoms with Gasteiger partial charge in [0.2, 0.25) is 5.95 Å². The summed E-state index contributed by atoms with van der Waals surface area (Å²) >= 11 is 0. The number of rotatable bonds is 0. The number of nitrogen functional groups attached to an aromatic ring is 2. The number of nitrogens with two attached hydrogens (primary N) is 2. The Labute approximate surface area is 90.5 Å². The van der Waals surface area contributed by atoms with E-state index in [2.05, 4.69) is 4.98 Å². The monoisotopic (exact) mass is 222 g/mol. The molecule has 0 saturated heterocycles. The van der Waals surface area contributed by atoms with Crippen molar-refractivity contribution in [1.82, 2.24) is 9.66 Å². The minimum absolute atomic E-state index is 0.139. The lowest BCUT2D eigenvalue weighted by atomic mass is 10.0. The van der Waals surface area contributed by atoms with E-state index in [1.165, 1.54) is 6.07 Å². The molecule has 0 spiro atoms. The number of nitrogens with zero attached hydrogens (tertiary/aromatic N) is 2. The van der Waals surface area contributed by atoms with Crippen LogP contribution in [0.2, 0.25) is 0 Å². The van der Waals surface area contributed by atoms with Crippen molar-refractivity contribution in [3.05, 3.63) is 33.4 Å². The molecule has 6 heteroatoms. The maximum atomic E-state index is 13.5. The third kappa shape index (κ3) is 1.23. The van der Waals surface area contributed by atoms with Crippen molar-refractivity contribution in [2.24, 2.45) is 0 Å². The molecule has 2 aromatic rings. The standard InChI is InChI=1S/C10H11FN4O/c1-4-5(2)8-7(3-6(4)11)14-10(12)15(13)9(8)16/h3H,13H2,1-2H3,(H2,12,14). The number of anilines is 1. The molecule has 1 aromatic carbocycles. The van der Waals surface area contributed by atoms with Crippen LogP contribution in [-0.2, 0) is 0 Å². The Hall–Kier alpha value is -2.11. The van der Waals surface area contributed by atoms with Crippen LogP contribution in [0.1, 0.15) is 11.1 Å². The largest absolute Gasteiger partial charge is 0.368 e. The van der Waals surface area contributed by atoms with Crippen LogP contribution >= 0.6 is 0 Å². The zero-order valence-electron chi connectivity index (χ0n) is 8.91. The van der Waals surface area contributed by atoms with Gasteiger partial charge in [-0.05, 0) is 25.0 Å². The Kier molecular flexibility index (Phi) is 2.08. The lowest BCUT2D eigenvalue weighted by Crippen LogP contribution is -2.31. The van der Waals surface area contributed by atoms with E-state index in [0.29, 0.717) is 16.5 Å². The van der Waals surface area contributed by atoms with Crippen molar-refractivity contribution in [1.29, 1.82) is 0 Å². The normalized spacial score (nSPS) is 10.9. The maximum Gasteiger partial charge on any atom is 0.281 e. The van der Waals surface area contributed by atoms with Crippen LogP contribution in [0.3, 0.4) is 0 Å². The third-order valence-corrected chi connectivity index (χ3v) is 2.73. The van der Waals surface area contributed by atoms with E-state index in [1.54, 1.807) is 13.8 Å². The molecule has 0 bridgehead atoms. The predicted octanol–water partition coefficient (Wildman–Crippen LogP) is 0.448. The SMILES string of the molecule is Cc1c(F)cc2nc(N)n(N)c(=O)c2c1C. The van der Waals surface area contributed by atoms with E-state index in [1.807, 2.05) is 0 Å². The molecular formula is C10H11FN4O. The van der Waals surface area contributed by atoms with Gasteiger partial charge in [-0.2, -0.15) is 4.68 Å². The topological polar surface area (TPSA) is 86.9 Å². The Morgan fingerprint density at radius 3 is 2.62 bits per heavy atom. The molecule has 1 heterocycles. The second-order valence-electron chi connectivity index (χ2n) is 3.65. The van der Waals surface area contributed by atoms with Gasteiger partial charge in [0.25, 0.3) is 5.56 Å². The van der Waals surface area contributed by atoms with E-state index >= 15 is 0 Å². The molecule has 0 saturated carbocycles. The molecule has 5 nitrogen and oxygen atoms in total. The summed E-state index contributed by atoms with van der Waals surface area (Å²) in [5.74, 6) is 4.88. The summed E-state index contributed by atoms with van der Waals surface area (Å²) in [5, 5.41) is 0.301. The predicted molar refractivity (Wildman–Crippen MR) is 60.0 cm³/mol. The molecule has 16 heavy (non-hydrogen) atoms. The number of aromatic nitrogens is 2. The number of benzene rings is 1. The summed E-state index contributed by atoms with van der Waals surface area (Å²) in [6.45, 7) is 3.25. The van der Waals surface area contributed by atoms with Crippen LogP contribution < -0.4 is 17.1 Å². The van der Waals surface area contributed by atoms with Crippen LogP contribution in [0.25, 0.3) is 10.9 Å². The highest BCUT2D eigenvalue weighted by atomic mass is 19.1. The van der Waals surface area contributed by atoms with E-state index in [0.717, 1.165) is 4.68 Å². The van der Waals surface area contributed by atoms with Gasteiger partial charge in [-0.15, -0.1) is 0 Å². The fourth-order valence-corrected chi connectivity index (χ4v) is 1.62. The maximum absolute atomic E-state index is 13.5. The number of hydrogen-bond acceptors (Lipinski definition) is 4. The molecule has 0 aliphatic carbocycles. The van der Waals surface area contributed by atoms with Crippen LogP contribution in [-0.4, -0.2) is 9.66 Å². The fourth-order valence-electron chi connectivity index (χ4n) is 1.62. The second-order valence-corrected chi connectivity index (χ2v) is 3.65. The van der Waals surface area contributed by atoms with Gasteiger partial charge in [-0.1, -0.05) is 0 Å². The highest BCUT2D eigenvalue weighted by Gasteiger charge is 2.13. The summed E-state index contributed by atoms with van der Waals surface area (Å²) in [6, 6.07) is 1.19. The second kappa shape index (κ2) is 3.19. The minimum atomic E-state index is -0.469. The average molecular weight is 222 g/mol. The molecule has 0 aliphatic rings. The molecule has 84 valence electrons. The van der Waals surface area contributed by atoms with Crippen molar-refractivity contribution in [3.63, 3.8) is 0 Å². The Morgan fingerprint density at radius 1 is 1.38 bits per heavy atom. The first kappa shape index (κ1) is 10.4. The van der Waals surface area contributed by atoms with E-state index in [-0.39, 0.29) is 11.5 Å². The molecule has 2 rings (SSSR count). The van der Waals surface area contributed by atoms with Crippen LogP contribution in [0, 0.1) is 19.7 Å². The van der Waals surface area contributed by atoms with E-state index < -0.39 is 11.4 Å². The van der Waals surface area contributed by atoms with Gasteiger partial charge in [0, 0.05) is 6.07 Å². The van der Waals surface area contributed by atoms with Crippen molar-refractivity contribution in [2.75, 3.05) is 11.6 Å². The lowest BCUT2D eigenvalue weighted by molar-refractivity contribution is 0.618. The molecular weight excluding hydrogens is 211 g/mol. The fraction of sp³-hybridized carbons (Fsp3) is 0.200. The van der Waals surface area contributed by atoms with Crippen LogP contribution in [0.4, 0.5) is 10.3 Å². The molecule has 0 fully saturated rings. The van der Waals surface area contributed by atoms with Crippen LogP contribution in [0.5, 0.6) is 0 Å². The van der Waals surface area contributed by atoms with Gasteiger partial charge < -0.3 is 11.6 Å². The first-order chi connectivity index (χ1) is 7.43. The quantitative estimate of drug-likeness (QED) is 0.633. The van der Waals surface area contributed by atoms with Gasteiger partial charge in [0.15, 0.2) is 0 Å². The summed E-state index contributed by atoms with van der Waals surface area (Å²) in [7, 11) is 0. The lowest BCUT2D eigenvalue weighted by Gasteiger charge is -2.09.